The summed E-state index contributed by atoms with van der Waals surface area (Å²) in [5, 5.41) is 9.11. The molecule has 9 heteroatoms. The molecule has 22 heavy (non-hydrogen) atoms. The lowest BCUT2D eigenvalue weighted by Gasteiger charge is -2.31. The van der Waals surface area contributed by atoms with E-state index in [4.69, 9.17) is 5.11 Å². The molecule has 0 aromatic heterocycles. The molecular formula is C13H15F4NO3S. The number of hydrogen-bond donors (Lipinski definition) is 1. The summed E-state index contributed by atoms with van der Waals surface area (Å²) < 4.78 is 77.8. The summed E-state index contributed by atoms with van der Waals surface area (Å²) in [5.41, 5.74) is -1.52. The number of rotatable bonds is 3. The molecular weight excluding hydrogens is 326 g/mol. The lowest BCUT2D eigenvalue weighted by Crippen LogP contribution is -2.41. The Bertz CT molecular complexity index is 645. The van der Waals surface area contributed by atoms with Crippen LogP contribution >= 0.6 is 0 Å². The van der Waals surface area contributed by atoms with Crippen LogP contribution in [-0.2, 0) is 16.2 Å². The SMILES string of the molecule is O=S(=O)(c1ccc(F)cc1C(F)(F)F)N1CCCC(CO)C1. The Kier molecular flexibility index (Phi) is 4.78. The lowest BCUT2D eigenvalue weighted by molar-refractivity contribution is -0.140. The maximum atomic E-state index is 13.1. The van der Waals surface area contributed by atoms with Crippen LogP contribution in [0.1, 0.15) is 18.4 Å². The maximum absolute atomic E-state index is 13.1. The van der Waals surface area contributed by atoms with Crippen LogP contribution < -0.4 is 0 Å². The summed E-state index contributed by atoms with van der Waals surface area (Å²) in [4.78, 5) is -0.958. The first-order chi connectivity index (χ1) is 10.2. The van der Waals surface area contributed by atoms with E-state index in [9.17, 15) is 26.0 Å². The molecule has 1 aromatic carbocycles. The molecule has 1 aliphatic rings. The molecule has 4 nitrogen and oxygen atoms in total. The molecule has 1 N–H and O–H groups in total. The summed E-state index contributed by atoms with van der Waals surface area (Å²) in [6.45, 7) is -0.206. The number of aliphatic hydroxyl groups excluding tert-OH is 1. The van der Waals surface area contributed by atoms with Gasteiger partial charge in [-0.25, -0.2) is 12.8 Å². The van der Waals surface area contributed by atoms with Crippen molar-refractivity contribution in [1.82, 2.24) is 4.31 Å². The van der Waals surface area contributed by atoms with Crippen LogP contribution in [0.5, 0.6) is 0 Å². The van der Waals surface area contributed by atoms with Crippen LogP contribution in [0.4, 0.5) is 17.6 Å². The zero-order valence-corrected chi connectivity index (χ0v) is 12.3. The molecule has 2 rings (SSSR count). The molecule has 1 aromatic rings. The van der Waals surface area contributed by atoms with Crippen molar-refractivity contribution in [3.63, 3.8) is 0 Å². The second-order valence-corrected chi connectivity index (χ2v) is 7.10. The molecule has 0 amide bonds. The van der Waals surface area contributed by atoms with Gasteiger partial charge in [0.2, 0.25) is 10.0 Å². The van der Waals surface area contributed by atoms with Crippen molar-refractivity contribution in [3.8, 4) is 0 Å². The lowest BCUT2D eigenvalue weighted by atomic mass is 10.0. The van der Waals surface area contributed by atoms with Crippen LogP contribution in [0.2, 0.25) is 0 Å². The van der Waals surface area contributed by atoms with Gasteiger partial charge >= 0.3 is 6.18 Å². The van der Waals surface area contributed by atoms with E-state index in [0.29, 0.717) is 25.0 Å². The zero-order chi connectivity index (χ0) is 16.5. The van der Waals surface area contributed by atoms with Gasteiger partial charge in [-0.15, -0.1) is 0 Å². The van der Waals surface area contributed by atoms with Crippen LogP contribution in [0.3, 0.4) is 0 Å². The molecule has 0 aliphatic carbocycles. The fourth-order valence-corrected chi connectivity index (χ4v) is 4.23. The molecule has 0 bridgehead atoms. The molecule has 0 spiro atoms. The third-order valence-corrected chi connectivity index (χ3v) is 5.53. The van der Waals surface area contributed by atoms with Crippen LogP contribution in [0, 0.1) is 11.7 Å². The highest BCUT2D eigenvalue weighted by atomic mass is 32.2. The van der Waals surface area contributed by atoms with E-state index in [-0.39, 0.29) is 31.7 Å². The van der Waals surface area contributed by atoms with E-state index in [0.717, 1.165) is 4.31 Å². The number of piperidine rings is 1. The minimum absolute atomic E-state index is 0.0481. The largest absolute Gasteiger partial charge is 0.417 e. The summed E-state index contributed by atoms with van der Waals surface area (Å²) in [7, 11) is -4.40. The standard InChI is InChI=1S/C13H15F4NO3S/c14-10-3-4-12(11(6-10)13(15,16)17)22(20,21)18-5-1-2-9(7-18)8-19/h3-4,6,9,19H,1-2,5,7-8H2. The quantitative estimate of drug-likeness (QED) is 0.858. The van der Waals surface area contributed by atoms with Crippen molar-refractivity contribution >= 4 is 10.0 Å². The molecule has 1 aliphatic heterocycles. The minimum atomic E-state index is -4.98. The Balaban J connectivity index is 2.46. The second-order valence-electron chi connectivity index (χ2n) is 5.19. The summed E-state index contributed by atoms with van der Waals surface area (Å²) in [6, 6.07) is 1.51. The first kappa shape index (κ1) is 17.2. The van der Waals surface area contributed by atoms with Gasteiger partial charge in [0.25, 0.3) is 0 Å². The number of alkyl halides is 3. The Labute approximate surface area is 125 Å². The van der Waals surface area contributed by atoms with Crippen molar-refractivity contribution in [2.45, 2.75) is 23.9 Å². The normalized spacial score (nSPS) is 21.0. The third kappa shape index (κ3) is 3.41. The van der Waals surface area contributed by atoms with Crippen LogP contribution in [0.25, 0.3) is 0 Å². The number of benzene rings is 1. The number of nitrogens with zero attached hydrogens (tertiary/aromatic N) is 1. The minimum Gasteiger partial charge on any atom is -0.396 e. The van der Waals surface area contributed by atoms with Crippen molar-refractivity contribution in [2.24, 2.45) is 5.92 Å². The first-order valence-corrected chi connectivity index (χ1v) is 8.08. The Morgan fingerprint density at radius 1 is 1.32 bits per heavy atom. The van der Waals surface area contributed by atoms with E-state index in [1.54, 1.807) is 0 Å². The topological polar surface area (TPSA) is 57.6 Å². The highest BCUT2D eigenvalue weighted by Crippen LogP contribution is 2.36. The molecule has 124 valence electrons. The maximum Gasteiger partial charge on any atom is 0.417 e. The van der Waals surface area contributed by atoms with E-state index >= 15 is 0 Å². The van der Waals surface area contributed by atoms with E-state index in [1.165, 1.54) is 0 Å². The molecule has 0 radical (unpaired) electrons. The molecule has 1 unspecified atom stereocenters. The van der Waals surface area contributed by atoms with Gasteiger partial charge < -0.3 is 5.11 Å². The Hall–Kier alpha value is -1.19. The number of halogens is 4. The Morgan fingerprint density at radius 3 is 2.59 bits per heavy atom. The second kappa shape index (κ2) is 6.13. The van der Waals surface area contributed by atoms with Crippen molar-refractivity contribution in [3.05, 3.63) is 29.6 Å². The van der Waals surface area contributed by atoms with Gasteiger partial charge in [0.15, 0.2) is 0 Å². The molecule has 1 fully saturated rings. The summed E-state index contributed by atoms with van der Waals surface area (Å²) >= 11 is 0. The molecule has 1 saturated heterocycles. The van der Waals surface area contributed by atoms with Crippen molar-refractivity contribution in [2.75, 3.05) is 19.7 Å². The van der Waals surface area contributed by atoms with Gasteiger partial charge in [-0.3, -0.25) is 0 Å². The Morgan fingerprint density at radius 2 is 2.00 bits per heavy atom. The smallest absolute Gasteiger partial charge is 0.396 e. The van der Waals surface area contributed by atoms with Crippen molar-refractivity contribution in [1.29, 1.82) is 0 Å². The number of aliphatic hydroxyl groups is 1. The van der Waals surface area contributed by atoms with E-state index in [2.05, 4.69) is 0 Å². The highest BCUT2D eigenvalue weighted by molar-refractivity contribution is 7.89. The third-order valence-electron chi connectivity index (χ3n) is 3.60. The highest BCUT2D eigenvalue weighted by Gasteiger charge is 2.40. The van der Waals surface area contributed by atoms with Gasteiger partial charge in [-0.05, 0) is 37.0 Å². The average molecular weight is 341 g/mol. The first-order valence-electron chi connectivity index (χ1n) is 6.64. The number of sulfonamides is 1. The molecule has 1 heterocycles. The summed E-state index contributed by atoms with van der Waals surface area (Å²) in [5.74, 6) is -1.46. The predicted octanol–water partition coefficient (Wildman–Crippen LogP) is 2.24. The van der Waals surface area contributed by atoms with Gasteiger partial charge in [-0.1, -0.05) is 0 Å². The van der Waals surface area contributed by atoms with E-state index < -0.39 is 32.5 Å². The van der Waals surface area contributed by atoms with Crippen molar-refractivity contribution < 1.29 is 31.1 Å². The zero-order valence-electron chi connectivity index (χ0n) is 11.5. The molecule has 0 saturated carbocycles. The van der Waals surface area contributed by atoms with Gasteiger partial charge in [0.1, 0.15) is 5.82 Å². The predicted molar refractivity (Wildman–Crippen MR) is 70.0 cm³/mol. The van der Waals surface area contributed by atoms with Gasteiger partial charge in [-0.2, -0.15) is 17.5 Å². The average Bonchev–Trinajstić information content (AvgIpc) is 2.46. The van der Waals surface area contributed by atoms with Crippen LogP contribution in [-0.4, -0.2) is 37.5 Å². The van der Waals surface area contributed by atoms with Gasteiger partial charge in [0, 0.05) is 19.7 Å². The molecule has 1 atom stereocenters. The van der Waals surface area contributed by atoms with E-state index in [1.807, 2.05) is 0 Å². The monoisotopic (exact) mass is 341 g/mol. The van der Waals surface area contributed by atoms with Gasteiger partial charge in [0.05, 0.1) is 10.5 Å². The fraction of sp³-hybridized carbons (Fsp3) is 0.538. The summed E-state index contributed by atoms with van der Waals surface area (Å²) in [6.07, 6.45) is -3.91. The number of hydrogen-bond acceptors (Lipinski definition) is 3. The van der Waals surface area contributed by atoms with Crippen LogP contribution in [0.15, 0.2) is 23.1 Å². The fourth-order valence-electron chi connectivity index (χ4n) is 2.48.